The molecular weight excluding hydrogens is 331 g/mol. The van der Waals surface area contributed by atoms with E-state index in [-0.39, 0.29) is 11.9 Å². The topological polar surface area (TPSA) is 38.0 Å². The number of nitrogens with two attached hydrogens (primary N) is 1. The smallest absolute Gasteiger partial charge is 0.129 e. The summed E-state index contributed by atoms with van der Waals surface area (Å²) >= 11 is 9.30. The summed E-state index contributed by atoms with van der Waals surface area (Å²) in [6.45, 7) is 0. The Hall–Kier alpha value is -0.940. The SMILES string of the molecule is NNC(Cc1cccc(Cl)c1)c1c(F)cccc1Br. The van der Waals surface area contributed by atoms with Gasteiger partial charge in [-0.3, -0.25) is 11.3 Å². The molecule has 0 saturated carbocycles. The highest BCUT2D eigenvalue weighted by atomic mass is 79.9. The van der Waals surface area contributed by atoms with Crippen LogP contribution in [-0.4, -0.2) is 0 Å². The maximum absolute atomic E-state index is 13.9. The van der Waals surface area contributed by atoms with E-state index in [0.29, 0.717) is 21.5 Å². The summed E-state index contributed by atoms with van der Waals surface area (Å²) in [7, 11) is 0. The number of hydrogen-bond acceptors (Lipinski definition) is 2. The minimum Gasteiger partial charge on any atom is -0.271 e. The van der Waals surface area contributed by atoms with Gasteiger partial charge < -0.3 is 0 Å². The number of rotatable bonds is 4. The highest BCUT2D eigenvalue weighted by molar-refractivity contribution is 9.10. The van der Waals surface area contributed by atoms with E-state index in [9.17, 15) is 4.39 Å². The summed E-state index contributed by atoms with van der Waals surface area (Å²) in [5.74, 6) is 5.27. The third kappa shape index (κ3) is 3.54. The summed E-state index contributed by atoms with van der Waals surface area (Å²) in [6.07, 6.45) is 0.552. The van der Waals surface area contributed by atoms with Crippen molar-refractivity contribution in [3.05, 3.63) is 68.9 Å². The molecule has 5 heteroatoms. The molecule has 0 fully saturated rings. The lowest BCUT2D eigenvalue weighted by Crippen LogP contribution is -2.30. The predicted octanol–water partition coefficient (Wildman–Crippen LogP) is 3.99. The Morgan fingerprint density at radius 3 is 2.63 bits per heavy atom. The summed E-state index contributed by atoms with van der Waals surface area (Å²) in [4.78, 5) is 0. The van der Waals surface area contributed by atoms with Gasteiger partial charge in [0.25, 0.3) is 0 Å². The van der Waals surface area contributed by atoms with Crippen LogP contribution in [0.5, 0.6) is 0 Å². The summed E-state index contributed by atoms with van der Waals surface area (Å²) < 4.78 is 14.6. The molecule has 2 rings (SSSR count). The second-order valence-electron chi connectivity index (χ2n) is 4.19. The van der Waals surface area contributed by atoms with E-state index in [0.717, 1.165) is 5.56 Å². The van der Waals surface area contributed by atoms with Gasteiger partial charge in [-0.2, -0.15) is 0 Å². The Kier molecular flexibility index (Phi) is 4.93. The van der Waals surface area contributed by atoms with Gasteiger partial charge in [-0.05, 0) is 36.2 Å². The lowest BCUT2D eigenvalue weighted by atomic mass is 9.99. The molecule has 2 aromatic carbocycles. The van der Waals surface area contributed by atoms with Crippen molar-refractivity contribution in [1.82, 2.24) is 5.43 Å². The molecule has 0 amide bonds. The molecule has 0 heterocycles. The molecule has 0 saturated heterocycles. The first-order valence-electron chi connectivity index (χ1n) is 5.76. The van der Waals surface area contributed by atoms with Crippen molar-refractivity contribution < 1.29 is 4.39 Å². The van der Waals surface area contributed by atoms with Gasteiger partial charge in [-0.1, -0.05) is 45.7 Å². The van der Waals surface area contributed by atoms with E-state index < -0.39 is 0 Å². The van der Waals surface area contributed by atoms with Crippen LogP contribution in [0.2, 0.25) is 5.02 Å². The van der Waals surface area contributed by atoms with Crippen LogP contribution in [0.4, 0.5) is 4.39 Å². The predicted molar refractivity (Wildman–Crippen MR) is 79.3 cm³/mol. The quantitative estimate of drug-likeness (QED) is 0.651. The molecule has 0 aliphatic carbocycles. The van der Waals surface area contributed by atoms with E-state index in [1.54, 1.807) is 18.2 Å². The minimum absolute atomic E-state index is 0.292. The Balaban J connectivity index is 2.30. The van der Waals surface area contributed by atoms with Gasteiger partial charge in [-0.15, -0.1) is 0 Å². The van der Waals surface area contributed by atoms with Crippen molar-refractivity contribution in [3.63, 3.8) is 0 Å². The number of hydrazine groups is 1. The first kappa shape index (κ1) is 14.5. The molecule has 0 aliphatic heterocycles. The minimum atomic E-state index is -0.325. The van der Waals surface area contributed by atoms with Crippen LogP contribution in [0.1, 0.15) is 17.2 Å². The van der Waals surface area contributed by atoms with E-state index in [2.05, 4.69) is 21.4 Å². The molecule has 0 aliphatic rings. The van der Waals surface area contributed by atoms with Gasteiger partial charge in [0.15, 0.2) is 0 Å². The van der Waals surface area contributed by atoms with Crippen molar-refractivity contribution in [3.8, 4) is 0 Å². The Morgan fingerprint density at radius 1 is 1.26 bits per heavy atom. The van der Waals surface area contributed by atoms with Crippen LogP contribution in [0, 0.1) is 5.82 Å². The standard InChI is InChI=1S/C14H13BrClFN2/c15-11-5-2-6-12(17)14(11)13(19-18)8-9-3-1-4-10(16)7-9/h1-7,13,19H,8,18H2. The number of benzene rings is 2. The number of nitrogens with one attached hydrogen (secondary N) is 1. The maximum atomic E-state index is 13.9. The first-order chi connectivity index (χ1) is 9.11. The van der Waals surface area contributed by atoms with Crippen molar-refractivity contribution in [2.24, 2.45) is 5.84 Å². The molecule has 0 spiro atoms. The second kappa shape index (κ2) is 6.48. The Bertz CT molecular complexity index is 557. The monoisotopic (exact) mass is 342 g/mol. The van der Waals surface area contributed by atoms with Crippen LogP contribution in [-0.2, 0) is 6.42 Å². The average Bonchev–Trinajstić information content (AvgIpc) is 2.37. The molecule has 1 unspecified atom stereocenters. The summed E-state index contributed by atoms with van der Waals surface area (Å²) in [5, 5.41) is 0.654. The summed E-state index contributed by atoms with van der Waals surface area (Å²) in [5.41, 5.74) is 4.16. The van der Waals surface area contributed by atoms with Gasteiger partial charge in [0.1, 0.15) is 5.82 Å². The fourth-order valence-corrected chi connectivity index (χ4v) is 2.82. The molecule has 0 bridgehead atoms. The zero-order valence-corrected chi connectivity index (χ0v) is 12.4. The van der Waals surface area contributed by atoms with Gasteiger partial charge in [0.2, 0.25) is 0 Å². The van der Waals surface area contributed by atoms with E-state index in [1.807, 2.05) is 18.2 Å². The lowest BCUT2D eigenvalue weighted by Gasteiger charge is -2.18. The van der Waals surface area contributed by atoms with E-state index in [1.165, 1.54) is 6.07 Å². The molecule has 19 heavy (non-hydrogen) atoms. The fourth-order valence-electron chi connectivity index (χ4n) is 1.99. The molecule has 3 N–H and O–H groups in total. The highest BCUT2D eigenvalue weighted by Gasteiger charge is 2.18. The zero-order valence-electron chi connectivity index (χ0n) is 10.0. The third-order valence-electron chi connectivity index (χ3n) is 2.88. The van der Waals surface area contributed by atoms with Crippen molar-refractivity contribution in [2.75, 3.05) is 0 Å². The zero-order chi connectivity index (χ0) is 13.8. The van der Waals surface area contributed by atoms with Crippen LogP contribution < -0.4 is 11.3 Å². The van der Waals surface area contributed by atoms with Gasteiger partial charge in [0.05, 0.1) is 6.04 Å². The molecule has 2 nitrogen and oxygen atoms in total. The molecular formula is C14H13BrClFN2. The summed E-state index contributed by atoms with van der Waals surface area (Å²) in [6, 6.07) is 12.0. The second-order valence-corrected chi connectivity index (χ2v) is 5.48. The Labute approximate surface area is 124 Å². The van der Waals surface area contributed by atoms with Crippen molar-refractivity contribution >= 4 is 27.5 Å². The third-order valence-corrected chi connectivity index (χ3v) is 3.80. The number of hydrogen-bond donors (Lipinski definition) is 2. The largest absolute Gasteiger partial charge is 0.271 e. The maximum Gasteiger partial charge on any atom is 0.129 e. The number of halogens is 3. The van der Waals surface area contributed by atoms with Crippen LogP contribution in [0.25, 0.3) is 0 Å². The van der Waals surface area contributed by atoms with Crippen LogP contribution in [0.3, 0.4) is 0 Å². The lowest BCUT2D eigenvalue weighted by molar-refractivity contribution is 0.508. The van der Waals surface area contributed by atoms with Crippen molar-refractivity contribution in [2.45, 2.75) is 12.5 Å². The fraction of sp³-hybridized carbons (Fsp3) is 0.143. The highest BCUT2D eigenvalue weighted by Crippen LogP contribution is 2.28. The van der Waals surface area contributed by atoms with Crippen LogP contribution in [0.15, 0.2) is 46.9 Å². The normalized spacial score (nSPS) is 12.4. The van der Waals surface area contributed by atoms with E-state index in [4.69, 9.17) is 17.4 Å². The first-order valence-corrected chi connectivity index (χ1v) is 6.93. The molecule has 2 aromatic rings. The van der Waals surface area contributed by atoms with Gasteiger partial charge in [0, 0.05) is 15.1 Å². The Morgan fingerprint density at radius 2 is 2.00 bits per heavy atom. The van der Waals surface area contributed by atoms with E-state index >= 15 is 0 Å². The average molecular weight is 344 g/mol. The molecule has 1 atom stereocenters. The molecule has 0 aromatic heterocycles. The molecule has 100 valence electrons. The van der Waals surface area contributed by atoms with Gasteiger partial charge in [-0.25, -0.2) is 4.39 Å². The van der Waals surface area contributed by atoms with Crippen LogP contribution >= 0.6 is 27.5 Å². The van der Waals surface area contributed by atoms with Crippen molar-refractivity contribution in [1.29, 1.82) is 0 Å². The van der Waals surface area contributed by atoms with Gasteiger partial charge >= 0.3 is 0 Å². The molecule has 0 radical (unpaired) electrons.